The Labute approximate surface area is 159 Å². The molecule has 0 saturated carbocycles. The summed E-state index contributed by atoms with van der Waals surface area (Å²) in [7, 11) is 0. The zero-order chi connectivity index (χ0) is 19.3. The summed E-state index contributed by atoms with van der Waals surface area (Å²) in [5, 5.41) is 5.04. The first-order chi connectivity index (χ1) is 12.3. The van der Waals surface area contributed by atoms with Gasteiger partial charge in [-0.05, 0) is 24.1 Å². The Balaban J connectivity index is 1.76. The second-order valence-corrected chi connectivity index (χ2v) is 7.07. The number of benzene rings is 1. The molecule has 2 N–H and O–H groups in total. The summed E-state index contributed by atoms with van der Waals surface area (Å²) in [6, 6.07) is 4.77. The Morgan fingerprint density at radius 2 is 1.77 bits per heavy atom. The highest BCUT2D eigenvalue weighted by atomic mass is 79.9. The van der Waals surface area contributed by atoms with Crippen molar-refractivity contribution >= 4 is 39.7 Å². The fourth-order valence-corrected chi connectivity index (χ4v) is 2.63. The van der Waals surface area contributed by atoms with Crippen molar-refractivity contribution in [2.45, 2.75) is 13.8 Å². The zero-order valence-electron chi connectivity index (χ0n) is 14.5. The highest BCUT2D eigenvalue weighted by Gasteiger charge is 2.36. The van der Waals surface area contributed by atoms with Crippen molar-refractivity contribution in [2.24, 2.45) is 5.92 Å². The van der Waals surface area contributed by atoms with E-state index in [-0.39, 0.29) is 36.7 Å². The minimum absolute atomic E-state index is 0.157. The van der Waals surface area contributed by atoms with Crippen LogP contribution in [-0.2, 0) is 9.53 Å². The van der Waals surface area contributed by atoms with E-state index < -0.39 is 23.8 Å². The second kappa shape index (κ2) is 8.79. The number of nitrogens with one attached hydrogen (secondary N) is 2. The number of hydrogen-bond donors (Lipinski definition) is 2. The lowest BCUT2D eigenvalue weighted by molar-refractivity contribution is -0.121. The van der Waals surface area contributed by atoms with Gasteiger partial charge in [0, 0.05) is 17.6 Å². The first-order valence-corrected chi connectivity index (χ1v) is 8.92. The first kappa shape index (κ1) is 19.9. The Morgan fingerprint density at radius 3 is 2.46 bits per heavy atom. The average molecular weight is 426 g/mol. The normalized spacial score (nSPS) is 13.0. The summed E-state index contributed by atoms with van der Waals surface area (Å²) < 4.78 is 5.61. The third-order valence-electron chi connectivity index (χ3n) is 3.50. The number of carbonyl (C=O) groups excluding carboxylic acids is 4. The van der Waals surface area contributed by atoms with Crippen molar-refractivity contribution in [3.05, 3.63) is 33.8 Å². The summed E-state index contributed by atoms with van der Waals surface area (Å²) in [4.78, 5) is 48.7. The molecule has 2 rings (SSSR count). The lowest BCUT2D eigenvalue weighted by Crippen LogP contribution is -2.42. The van der Waals surface area contributed by atoms with Gasteiger partial charge in [-0.1, -0.05) is 29.8 Å². The Bertz CT molecular complexity index is 735. The molecule has 0 spiro atoms. The molecule has 0 bridgehead atoms. The Morgan fingerprint density at radius 1 is 1.12 bits per heavy atom. The third-order valence-corrected chi connectivity index (χ3v) is 3.99. The molecule has 1 aliphatic rings. The van der Waals surface area contributed by atoms with E-state index in [9.17, 15) is 19.2 Å². The lowest BCUT2D eigenvalue weighted by Gasteiger charge is -2.14. The van der Waals surface area contributed by atoms with Gasteiger partial charge in [0.2, 0.25) is 5.91 Å². The van der Waals surface area contributed by atoms with Gasteiger partial charge in [-0.3, -0.25) is 19.3 Å². The van der Waals surface area contributed by atoms with Crippen LogP contribution in [0.25, 0.3) is 0 Å². The van der Waals surface area contributed by atoms with Crippen molar-refractivity contribution < 1.29 is 23.9 Å². The van der Waals surface area contributed by atoms with Crippen molar-refractivity contribution in [1.82, 2.24) is 15.5 Å². The molecule has 9 heteroatoms. The lowest BCUT2D eigenvalue weighted by atomic mass is 10.1. The van der Waals surface area contributed by atoms with Crippen LogP contribution in [0.4, 0.5) is 4.79 Å². The van der Waals surface area contributed by atoms with E-state index in [2.05, 4.69) is 26.6 Å². The number of nitrogens with zero attached hydrogens (tertiary/aromatic N) is 1. The predicted octanol–water partition coefficient (Wildman–Crippen LogP) is 1.54. The highest BCUT2D eigenvalue weighted by molar-refractivity contribution is 9.10. The van der Waals surface area contributed by atoms with Crippen LogP contribution in [0.5, 0.6) is 0 Å². The summed E-state index contributed by atoms with van der Waals surface area (Å²) in [5.41, 5.74) is 0.548. The molecular formula is C17H20BrN3O5. The summed E-state index contributed by atoms with van der Waals surface area (Å²) >= 11 is 3.25. The first-order valence-electron chi connectivity index (χ1n) is 8.12. The third kappa shape index (κ3) is 5.04. The number of carbonyl (C=O) groups is 4. The second-order valence-electron chi connectivity index (χ2n) is 6.16. The Hall–Kier alpha value is -2.42. The number of rotatable bonds is 7. The molecule has 0 atom stereocenters. The molecule has 26 heavy (non-hydrogen) atoms. The highest BCUT2D eigenvalue weighted by Crippen LogP contribution is 2.25. The van der Waals surface area contributed by atoms with Gasteiger partial charge in [-0.2, -0.15) is 0 Å². The monoisotopic (exact) mass is 425 g/mol. The molecular weight excluding hydrogens is 406 g/mol. The molecule has 0 saturated heterocycles. The van der Waals surface area contributed by atoms with E-state index in [1.165, 1.54) is 0 Å². The van der Waals surface area contributed by atoms with E-state index in [4.69, 9.17) is 4.74 Å². The zero-order valence-corrected chi connectivity index (χ0v) is 16.1. The van der Waals surface area contributed by atoms with Crippen molar-refractivity contribution in [1.29, 1.82) is 0 Å². The van der Waals surface area contributed by atoms with E-state index in [0.717, 1.165) is 4.90 Å². The maximum Gasteiger partial charge on any atom is 0.407 e. The number of hydrogen-bond acceptors (Lipinski definition) is 5. The molecule has 8 nitrogen and oxygen atoms in total. The molecule has 0 aliphatic carbocycles. The van der Waals surface area contributed by atoms with E-state index in [1.54, 1.807) is 18.2 Å². The van der Waals surface area contributed by atoms with E-state index in [1.807, 2.05) is 13.8 Å². The smallest absolute Gasteiger partial charge is 0.407 e. The molecule has 0 unspecified atom stereocenters. The van der Waals surface area contributed by atoms with E-state index in [0.29, 0.717) is 11.1 Å². The number of alkyl carbamates (subject to hydrolysis) is 1. The molecule has 1 aromatic rings. The standard InChI is InChI=1S/C17H20BrN3O5/c1-10(2)9-26-17(25)20-6-5-19-14(22)8-21-15(23)12-4-3-11(18)7-13(12)16(21)24/h3-4,7,10H,5-6,8-9H2,1-2H3,(H,19,22)(H,20,25). The molecule has 0 radical (unpaired) electrons. The average Bonchev–Trinajstić information content (AvgIpc) is 2.81. The molecule has 4 amide bonds. The van der Waals surface area contributed by atoms with Crippen molar-refractivity contribution in [2.75, 3.05) is 26.2 Å². The molecule has 1 aromatic carbocycles. The van der Waals surface area contributed by atoms with Gasteiger partial charge in [-0.25, -0.2) is 4.79 Å². The van der Waals surface area contributed by atoms with Crippen LogP contribution in [0.3, 0.4) is 0 Å². The Kier molecular flexibility index (Phi) is 6.73. The predicted molar refractivity (Wildman–Crippen MR) is 96.7 cm³/mol. The maximum atomic E-state index is 12.3. The van der Waals surface area contributed by atoms with Gasteiger partial charge < -0.3 is 15.4 Å². The fourth-order valence-electron chi connectivity index (χ4n) is 2.27. The van der Waals surface area contributed by atoms with Crippen LogP contribution >= 0.6 is 15.9 Å². The SMILES string of the molecule is CC(C)COC(=O)NCCNC(=O)CN1C(=O)c2ccc(Br)cc2C1=O. The van der Waals surface area contributed by atoms with E-state index >= 15 is 0 Å². The van der Waals surface area contributed by atoms with Crippen LogP contribution in [0, 0.1) is 5.92 Å². The van der Waals surface area contributed by atoms with Gasteiger partial charge in [0.25, 0.3) is 11.8 Å². The van der Waals surface area contributed by atoms with Crippen LogP contribution in [0.1, 0.15) is 34.6 Å². The summed E-state index contributed by atoms with van der Waals surface area (Å²) in [6.07, 6.45) is -0.557. The van der Waals surface area contributed by atoms with Crippen molar-refractivity contribution in [3.8, 4) is 0 Å². The molecule has 1 heterocycles. The number of fused-ring (bicyclic) bond motifs is 1. The molecule has 140 valence electrons. The molecule has 0 fully saturated rings. The summed E-state index contributed by atoms with van der Waals surface area (Å²) in [5.74, 6) is -1.25. The van der Waals surface area contributed by atoms with Crippen molar-refractivity contribution in [3.63, 3.8) is 0 Å². The largest absolute Gasteiger partial charge is 0.449 e. The molecule has 0 aromatic heterocycles. The van der Waals surface area contributed by atoms with Gasteiger partial charge in [0.1, 0.15) is 6.54 Å². The van der Waals surface area contributed by atoms with Gasteiger partial charge in [0.05, 0.1) is 17.7 Å². The van der Waals surface area contributed by atoms with Gasteiger partial charge in [0.15, 0.2) is 0 Å². The fraction of sp³-hybridized carbons (Fsp3) is 0.412. The van der Waals surface area contributed by atoms with Crippen LogP contribution in [0.2, 0.25) is 0 Å². The number of halogens is 1. The molecule has 1 aliphatic heterocycles. The van der Waals surface area contributed by atoms with Gasteiger partial charge in [-0.15, -0.1) is 0 Å². The topological polar surface area (TPSA) is 105 Å². The van der Waals surface area contributed by atoms with Crippen LogP contribution in [-0.4, -0.2) is 55.0 Å². The van der Waals surface area contributed by atoms with Crippen LogP contribution < -0.4 is 10.6 Å². The number of amides is 4. The van der Waals surface area contributed by atoms with Gasteiger partial charge >= 0.3 is 6.09 Å². The maximum absolute atomic E-state index is 12.3. The number of imide groups is 1. The minimum Gasteiger partial charge on any atom is -0.449 e. The quantitative estimate of drug-likeness (QED) is 0.509. The number of ether oxygens (including phenoxy) is 1. The summed E-state index contributed by atoms with van der Waals surface area (Å²) in [6.45, 7) is 4.12. The minimum atomic E-state index is -0.557. The van der Waals surface area contributed by atoms with Crippen LogP contribution in [0.15, 0.2) is 22.7 Å².